The number of carbonyl (C=O) groups excluding carboxylic acids is 2. The van der Waals surface area contributed by atoms with Crippen LogP contribution in [-0.4, -0.2) is 25.7 Å². The second kappa shape index (κ2) is 8.24. The molecule has 116 valence electrons. The third kappa shape index (κ3) is 6.25. The number of nitrogens with one attached hydrogen (secondary N) is 2. The van der Waals surface area contributed by atoms with E-state index in [1.54, 1.807) is 0 Å². The zero-order chi connectivity index (χ0) is 15.8. The van der Waals surface area contributed by atoms with Crippen LogP contribution in [0.3, 0.4) is 0 Å². The zero-order valence-electron chi connectivity index (χ0n) is 12.5. The molecule has 21 heavy (non-hydrogen) atoms. The van der Waals surface area contributed by atoms with Crippen molar-refractivity contribution in [1.29, 1.82) is 0 Å². The minimum atomic E-state index is -0.445. The van der Waals surface area contributed by atoms with Gasteiger partial charge in [0.1, 0.15) is 5.82 Å². The molecule has 0 spiro atoms. The molecule has 1 rings (SSSR count). The number of urea groups is 1. The van der Waals surface area contributed by atoms with Crippen LogP contribution in [0.25, 0.3) is 0 Å². The van der Waals surface area contributed by atoms with Crippen LogP contribution >= 0.6 is 0 Å². The van der Waals surface area contributed by atoms with E-state index < -0.39 is 6.03 Å². The first-order valence-corrected chi connectivity index (χ1v) is 6.80. The molecule has 0 aliphatic carbocycles. The van der Waals surface area contributed by atoms with Crippen LogP contribution in [0.5, 0.6) is 0 Å². The number of methoxy groups -OCH3 is 1. The summed E-state index contributed by atoms with van der Waals surface area (Å²) in [5, 5.41) is 5.19. The molecule has 2 amide bonds. The quantitative estimate of drug-likeness (QED) is 0.793. The molecule has 5 nitrogen and oxygen atoms in total. The van der Waals surface area contributed by atoms with Crippen molar-refractivity contribution >= 4 is 17.7 Å². The van der Waals surface area contributed by atoms with Gasteiger partial charge >= 0.3 is 12.0 Å². The third-order valence-electron chi connectivity index (χ3n) is 2.90. The van der Waals surface area contributed by atoms with Crippen molar-refractivity contribution in [3.05, 3.63) is 30.1 Å². The van der Waals surface area contributed by atoms with Gasteiger partial charge in [0.25, 0.3) is 0 Å². The summed E-state index contributed by atoms with van der Waals surface area (Å²) in [6.07, 6.45) is 0.628. The van der Waals surface area contributed by atoms with Crippen molar-refractivity contribution in [3.63, 3.8) is 0 Å². The Balaban J connectivity index is 2.49. The van der Waals surface area contributed by atoms with Crippen molar-refractivity contribution in [2.45, 2.75) is 20.3 Å². The van der Waals surface area contributed by atoms with Crippen LogP contribution in [0.4, 0.5) is 14.9 Å². The average molecular weight is 296 g/mol. The fourth-order valence-corrected chi connectivity index (χ4v) is 1.92. The molecule has 0 heterocycles. The Labute approximate surface area is 123 Å². The van der Waals surface area contributed by atoms with Gasteiger partial charge < -0.3 is 15.4 Å². The molecule has 0 radical (unpaired) electrons. The highest BCUT2D eigenvalue weighted by molar-refractivity contribution is 5.89. The Kier molecular flexibility index (Phi) is 6.65. The summed E-state index contributed by atoms with van der Waals surface area (Å²) < 4.78 is 17.5. The minimum absolute atomic E-state index is 0.192. The molecule has 0 fully saturated rings. The van der Waals surface area contributed by atoms with E-state index in [1.807, 2.05) is 13.8 Å². The normalized spacial score (nSPS) is 11.9. The molecule has 1 aromatic carbocycles. The molecule has 0 saturated carbocycles. The van der Waals surface area contributed by atoms with E-state index in [1.165, 1.54) is 31.4 Å². The van der Waals surface area contributed by atoms with Crippen molar-refractivity contribution < 1.29 is 18.7 Å². The lowest BCUT2D eigenvalue weighted by molar-refractivity contribution is -0.145. The Bertz CT molecular complexity index is 474. The number of esters is 1. The predicted octanol–water partition coefficient (Wildman–Crippen LogP) is 2.78. The summed E-state index contributed by atoms with van der Waals surface area (Å²) in [7, 11) is 1.33. The summed E-state index contributed by atoms with van der Waals surface area (Å²) in [5.74, 6) is -0.778. The van der Waals surface area contributed by atoms with Gasteiger partial charge in [-0.15, -0.1) is 0 Å². The van der Waals surface area contributed by atoms with E-state index in [0.29, 0.717) is 18.0 Å². The molecule has 1 aromatic rings. The highest BCUT2D eigenvalue weighted by atomic mass is 19.1. The molecule has 2 N–H and O–H groups in total. The van der Waals surface area contributed by atoms with Gasteiger partial charge in [-0.3, -0.25) is 4.79 Å². The van der Waals surface area contributed by atoms with Gasteiger partial charge in [0.2, 0.25) is 0 Å². The number of amides is 2. The topological polar surface area (TPSA) is 67.4 Å². The predicted molar refractivity (Wildman–Crippen MR) is 78.4 cm³/mol. The average Bonchev–Trinajstić information content (AvgIpc) is 2.44. The summed E-state index contributed by atoms with van der Waals surface area (Å²) >= 11 is 0. The molecule has 0 aliphatic heterocycles. The van der Waals surface area contributed by atoms with Gasteiger partial charge in [0.15, 0.2) is 0 Å². The fraction of sp³-hybridized carbons (Fsp3) is 0.467. The van der Waals surface area contributed by atoms with Gasteiger partial charge in [-0.25, -0.2) is 9.18 Å². The molecule has 1 atom stereocenters. The number of hydrogen-bond donors (Lipinski definition) is 2. The summed E-state index contributed by atoms with van der Waals surface area (Å²) in [5.41, 5.74) is 0.479. The van der Waals surface area contributed by atoms with Crippen LogP contribution in [0.1, 0.15) is 20.3 Å². The van der Waals surface area contributed by atoms with E-state index >= 15 is 0 Å². The summed E-state index contributed by atoms with van der Waals surface area (Å²) in [6, 6.07) is 4.98. The lowest BCUT2D eigenvalue weighted by atomic mass is 9.97. The standard InChI is InChI=1S/C15H21FN2O3/c1-10(2)8-11(14(19)21-3)9-17-15(20)18-13-6-4-12(16)5-7-13/h4-7,10-11H,8-9H2,1-3H3,(H2,17,18,20)/t11-/m1/s1. The number of benzene rings is 1. The van der Waals surface area contributed by atoms with Gasteiger partial charge in [0, 0.05) is 12.2 Å². The van der Waals surface area contributed by atoms with E-state index in [-0.39, 0.29) is 24.2 Å². The van der Waals surface area contributed by atoms with Crippen molar-refractivity contribution in [1.82, 2.24) is 5.32 Å². The summed E-state index contributed by atoms with van der Waals surface area (Å²) in [6.45, 7) is 4.18. The van der Waals surface area contributed by atoms with Gasteiger partial charge in [0.05, 0.1) is 13.0 Å². The molecule has 0 aromatic heterocycles. The van der Waals surface area contributed by atoms with Gasteiger partial charge in [-0.05, 0) is 36.6 Å². The number of ether oxygens (including phenoxy) is 1. The lowest BCUT2D eigenvalue weighted by Gasteiger charge is -2.17. The maximum Gasteiger partial charge on any atom is 0.319 e. The number of halogens is 1. The molecular weight excluding hydrogens is 275 g/mol. The second-order valence-corrected chi connectivity index (χ2v) is 5.19. The van der Waals surface area contributed by atoms with Crippen LogP contribution < -0.4 is 10.6 Å². The maximum absolute atomic E-state index is 12.7. The number of anilines is 1. The Morgan fingerprint density at radius 1 is 1.24 bits per heavy atom. The minimum Gasteiger partial charge on any atom is -0.469 e. The molecule has 0 bridgehead atoms. The van der Waals surface area contributed by atoms with Gasteiger partial charge in [-0.1, -0.05) is 13.8 Å². The maximum atomic E-state index is 12.7. The first kappa shape index (κ1) is 16.9. The fourth-order valence-electron chi connectivity index (χ4n) is 1.92. The van der Waals surface area contributed by atoms with Crippen LogP contribution in [0.15, 0.2) is 24.3 Å². The smallest absolute Gasteiger partial charge is 0.319 e. The first-order chi connectivity index (χ1) is 9.92. The Morgan fingerprint density at radius 2 is 1.86 bits per heavy atom. The molecular formula is C15H21FN2O3. The molecule has 0 saturated heterocycles. The van der Waals surface area contributed by atoms with Crippen LogP contribution in [0, 0.1) is 17.7 Å². The molecule has 6 heteroatoms. The van der Waals surface area contributed by atoms with Gasteiger partial charge in [-0.2, -0.15) is 0 Å². The SMILES string of the molecule is COC(=O)[C@@H](CNC(=O)Nc1ccc(F)cc1)CC(C)C. The van der Waals surface area contributed by atoms with Crippen LogP contribution in [-0.2, 0) is 9.53 Å². The largest absolute Gasteiger partial charge is 0.469 e. The number of rotatable bonds is 6. The number of hydrogen-bond acceptors (Lipinski definition) is 3. The highest BCUT2D eigenvalue weighted by Crippen LogP contribution is 2.13. The third-order valence-corrected chi connectivity index (χ3v) is 2.90. The van der Waals surface area contributed by atoms with Crippen LogP contribution in [0.2, 0.25) is 0 Å². The molecule has 0 unspecified atom stereocenters. The van der Waals surface area contributed by atoms with E-state index in [0.717, 1.165) is 0 Å². The van der Waals surface area contributed by atoms with E-state index in [9.17, 15) is 14.0 Å². The van der Waals surface area contributed by atoms with E-state index in [2.05, 4.69) is 10.6 Å². The van der Waals surface area contributed by atoms with Crippen molar-refractivity contribution in [2.24, 2.45) is 11.8 Å². The highest BCUT2D eigenvalue weighted by Gasteiger charge is 2.21. The summed E-state index contributed by atoms with van der Waals surface area (Å²) in [4.78, 5) is 23.4. The Morgan fingerprint density at radius 3 is 2.38 bits per heavy atom. The first-order valence-electron chi connectivity index (χ1n) is 6.80. The molecule has 0 aliphatic rings. The zero-order valence-corrected chi connectivity index (χ0v) is 12.5. The second-order valence-electron chi connectivity index (χ2n) is 5.19. The lowest BCUT2D eigenvalue weighted by Crippen LogP contribution is -2.36. The Hall–Kier alpha value is -2.11. The van der Waals surface area contributed by atoms with Crippen molar-refractivity contribution in [3.8, 4) is 0 Å². The monoisotopic (exact) mass is 296 g/mol. The number of carbonyl (C=O) groups is 2. The van der Waals surface area contributed by atoms with E-state index in [4.69, 9.17) is 4.74 Å². The van der Waals surface area contributed by atoms with Crippen molar-refractivity contribution in [2.75, 3.05) is 19.0 Å².